The number of carbonyl (C=O) groups excluding carboxylic acids is 3. The highest BCUT2D eigenvalue weighted by atomic mass is 16.6. The van der Waals surface area contributed by atoms with Crippen molar-refractivity contribution in [3.63, 3.8) is 0 Å². The Kier molecular flexibility index (Phi) is 8.02. The molecule has 0 aliphatic rings. The van der Waals surface area contributed by atoms with E-state index >= 15 is 0 Å². The molecule has 0 aliphatic carbocycles. The highest BCUT2D eigenvalue weighted by Crippen LogP contribution is 2.22. The summed E-state index contributed by atoms with van der Waals surface area (Å²) in [6.07, 6.45) is -0.674. The van der Waals surface area contributed by atoms with Crippen LogP contribution in [0.3, 0.4) is 0 Å². The monoisotopic (exact) mass is 391 g/mol. The lowest BCUT2D eigenvalue weighted by molar-refractivity contribution is -0.140. The summed E-state index contributed by atoms with van der Waals surface area (Å²) < 4.78 is 5.16. The maximum Gasteiger partial charge on any atom is 0.408 e. The zero-order valence-corrected chi connectivity index (χ0v) is 18.0. The number of likely N-dealkylation sites (N-methyl/N-ethyl adjacent to an activating group) is 1. The lowest BCUT2D eigenvalue weighted by atomic mass is 10.0. The van der Waals surface area contributed by atoms with Gasteiger partial charge in [0.1, 0.15) is 18.2 Å². The maximum atomic E-state index is 13.0. The summed E-state index contributed by atoms with van der Waals surface area (Å²) in [4.78, 5) is 39.1. The van der Waals surface area contributed by atoms with Gasteiger partial charge < -0.3 is 20.3 Å². The molecule has 3 amide bonds. The van der Waals surface area contributed by atoms with Gasteiger partial charge in [-0.2, -0.15) is 0 Å². The number of carbonyl (C=O) groups is 3. The summed E-state index contributed by atoms with van der Waals surface area (Å²) in [7, 11) is 0. The molecule has 0 bridgehead atoms. The fourth-order valence-corrected chi connectivity index (χ4v) is 2.61. The SMILES string of the molecule is CCN(C(=O)CNC(=O)OC(C)(C)C)C(C(=O)NC(C)(C)C)c1ccccc1. The molecule has 1 atom stereocenters. The molecule has 0 aromatic heterocycles. The van der Waals surface area contributed by atoms with Gasteiger partial charge in [-0.25, -0.2) is 4.79 Å². The molecule has 1 rings (SSSR count). The fraction of sp³-hybridized carbons (Fsp3) is 0.571. The van der Waals surface area contributed by atoms with Gasteiger partial charge in [-0.15, -0.1) is 0 Å². The number of alkyl carbamates (subject to hydrolysis) is 1. The van der Waals surface area contributed by atoms with Gasteiger partial charge in [-0.1, -0.05) is 30.3 Å². The van der Waals surface area contributed by atoms with Crippen molar-refractivity contribution >= 4 is 17.9 Å². The third-order valence-electron chi connectivity index (χ3n) is 3.62. The van der Waals surface area contributed by atoms with E-state index < -0.39 is 23.3 Å². The van der Waals surface area contributed by atoms with Crippen molar-refractivity contribution in [3.05, 3.63) is 35.9 Å². The zero-order valence-electron chi connectivity index (χ0n) is 18.0. The van der Waals surface area contributed by atoms with Crippen LogP contribution >= 0.6 is 0 Å². The molecule has 156 valence electrons. The van der Waals surface area contributed by atoms with Crippen LogP contribution in [0.4, 0.5) is 4.79 Å². The number of nitrogens with zero attached hydrogens (tertiary/aromatic N) is 1. The molecule has 7 nitrogen and oxygen atoms in total. The molecule has 28 heavy (non-hydrogen) atoms. The van der Waals surface area contributed by atoms with Crippen molar-refractivity contribution < 1.29 is 19.1 Å². The molecule has 0 fully saturated rings. The Morgan fingerprint density at radius 3 is 2.07 bits per heavy atom. The normalized spacial score (nSPS) is 12.7. The molecule has 0 radical (unpaired) electrons. The number of hydrogen-bond acceptors (Lipinski definition) is 4. The summed E-state index contributed by atoms with van der Waals surface area (Å²) >= 11 is 0. The predicted molar refractivity (Wildman–Crippen MR) is 109 cm³/mol. The average molecular weight is 392 g/mol. The first-order chi connectivity index (χ1) is 12.8. The molecule has 0 heterocycles. The van der Waals surface area contributed by atoms with Gasteiger partial charge in [-0.3, -0.25) is 9.59 Å². The van der Waals surface area contributed by atoms with E-state index in [1.165, 1.54) is 4.90 Å². The smallest absolute Gasteiger partial charge is 0.408 e. The van der Waals surface area contributed by atoms with E-state index in [0.717, 1.165) is 0 Å². The minimum atomic E-state index is -0.793. The summed E-state index contributed by atoms with van der Waals surface area (Å²) in [5.41, 5.74) is -0.394. The topological polar surface area (TPSA) is 87.7 Å². The molecule has 0 spiro atoms. The molecule has 0 saturated heterocycles. The molecular weight excluding hydrogens is 358 g/mol. The van der Waals surface area contributed by atoms with Crippen molar-refractivity contribution in [1.82, 2.24) is 15.5 Å². The van der Waals surface area contributed by atoms with Crippen LogP contribution in [0.2, 0.25) is 0 Å². The molecule has 1 aromatic carbocycles. The van der Waals surface area contributed by atoms with Crippen LogP contribution in [0.5, 0.6) is 0 Å². The van der Waals surface area contributed by atoms with Gasteiger partial charge >= 0.3 is 6.09 Å². The Morgan fingerprint density at radius 1 is 1.04 bits per heavy atom. The van der Waals surface area contributed by atoms with Crippen molar-refractivity contribution in [1.29, 1.82) is 0 Å². The van der Waals surface area contributed by atoms with Crippen LogP contribution in [0, 0.1) is 0 Å². The van der Waals surface area contributed by atoms with Gasteiger partial charge in [0.2, 0.25) is 11.8 Å². The standard InChI is InChI=1S/C21H33N3O4/c1-8-24(16(25)14-22-19(27)28-21(5,6)7)17(15-12-10-9-11-13-15)18(26)23-20(2,3)4/h9-13,17H,8,14H2,1-7H3,(H,22,27)(H,23,26). The molecule has 2 N–H and O–H groups in total. The van der Waals surface area contributed by atoms with Crippen molar-refractivity contribution in [3.8, 4) is 0 Å². The Balaban J connectivity index is 3.00. The number of rotatable bonds is 6. The maximum absolute atomic E-state index is 13.0. The van der Waals surface area contributed by atoms with Gasteiger partial charge in [0, 0.05) is 12.1 Å². The van der Waals surface area contributed by atoms with E-state index in [1.807, 2.05) is 51.1 Å². The minimum absolute atomic E-state index is 0.255. The van der Waals surface area contributed by atoms with Gasteiger partial charge in [0.15, 0.2) is 0 Å². The number of ether oxygens (including phenoxy) is 1. The van der Waals surface area contributed by atoms with Crippen LogP contribution in [0.25, 0.3) is 0 Å². The van der Waals surface area contributed by atoms with Crippen molar-refractivity contribution in [2.75, 3.05) is 13.1 Å². The van der Waals surface area contributed by atoms with Gasteiger partial charge in [-0.05, 0) is 54.0 Å². The molecule has 7 heteroatoms. The van der Waals surface area contributed by atoms with Crippen LogP contribution in [0.1, 0.15) is 60.1 Å². The third-order valence-corrected chi connectivity index (χ3v) is 3.62. The Labute approximate surface area is 167 Å². The van der Waals surface area contributed by atoms with E-state index in [-0.39, 0.29) is 18.4 Å². The first-order valence-corrected chi connectivity index (χ1v) is 9.47. The number of amides is 3. The Hall–Kier alpha value is -2.57. The third kappa shape index (κ3) is 7.98. The largest absolute Gasteiger partial charge is 0.444 e. The highest BCUT2D eigenvalue weighted by molar-refractivity contribution is 5.90. The summed E-state index contributed by atoms with van der Waals surface area (Å²) in [6, 6.07) is 8.32. The van der Waals surface area contributed by atoms with E-state index in [4.69, 9.17) is 4.74 Å². The van der Waals surface area contributed by atoms with Gasteiger partial charge in [0.05, 0.1) is 0 Å². The van der Waals surface area contributed by atoms with E-state index in [9.17, 15) is 14.4 Å². The molecule has 1 aromatic rings. The second kappa shape index (κ2) is 9.57. The van der Waals surface area contributed by atoms with E-state index in [0.29, 0.717) is 12.1 Å². The van der Waals surface area contributed by atoms with Crippen LogP contribution < -0.4 is 10.6 Å². The minimum Gasteiger partial charge on any atom is -0.444 e. The fourth-order valence-electron chi connectivity index (χ4n) is 2.61. The predicted octanol–water partition coefficient (Wildman–Crippen LogP) is 3.02. The van der Waals surface area contributed by atoms with Crippen LogP contribution in [-0.2, 0) is 14.3 Å². The highest BCUT2D eigenvalue weighted by Gasteiger charge is 2.32. The second-order valence-electron chi connectivity index (χ2n) is 8.59. The average Bonchev–Trinajstić information content (AvgIpc) is 2.55. The first-order valence-electron chi connectivity index (χ1n) is 9.47. The van der Waals surface area contributed by atoms with Crippen molar-refractivity contribution in [2.45, 2.75) is 65.6 Å². The Morgan fingerprint density at radius 2 is 1.61 bits per heavy atom. The number of benzene rings is 1. The molecular formula is C21H33N3O4. The number of hydrogen-bond donors (Lipinski definition) is 2. The van der Waals surface area contributed by atoms with Crippen LogP contribution in [0.15, 0.2) is 30.3 Å². The Bertz CT molecular complexity index is 675. The first kappa shape index (κ1) is 23.5. The quantitative estimate of drug-likeness (QED) is 0.780. The lowest BCUT2D eigenvalue weighted by Gasteiger charge is -2.33. The van der Waals surface area contributed by atoms with Crippen LogP contribution in [-0.4, -0.2) is 47.0 Å². The van der Waals surface area contributed by atoms with E-state index in [1.54, 1.807) is 27.7 Å². The zero-order chi connectivity index (χ0) is 21.5. The molecule has 0 aliphatic heterocycles. The summed E-state index contributed by atoms with van der Waals surface area (Å²) in [5, 5.41) is 5.40. The van der Waals surface area contributed by atoms with E-state index in [2.05, 4.69) is 10.6 Å². The summed E-state index contributed by atoms with van der Waals surface area (Å²) in [6.45, 7) is 12.7. The molecule has 0 saturated carbocycles. The summed E-state index contributed by atoms with van der Waals surface area (Å²) in [5.74, 6) is -0.641. The number of nitrogens with one attached hydrogen (secondary N) is 2. The van der Waals surface area contributed by atoms with Crippen molar-refractivity contribution in [2.24, 2.45) is 0 Å². The lowest BCUT2D eigenvalue weighted by Crippen LogP contribution is -2.51. The second-order valence-corrected chi connectivity index (χ2v) is 8.59. The molecule has 1 unspecified atom stereocenters. The van der Waals surface area contributed by atoms with Gasteiger partial charge in [0.25, 0.3) is 0 Å².